The van der Waals surface area contributed by atoms with Crippen molar-refractivity contribution >= 4 is 17.4 Å². The first kappa shape index (κ1) is 19.6. The van der Waals surface area contributed by atoms with Crippen LogP contribution in [0.2, 0.25) is 0 Å². The van der Waals surface area contributed by atoms with E-state index in [0.717, 1.165) is 36.6 Å². The van der Waals surface area contributed by atoms with E-state index in [-0.39, 0.29) is 0 Å². The van der Waals surface area contributed by atoms with E-state index >= 15 is 0 Å². The summed E-state index contributed by atoms with van der Waals surface area (Å²) in [6.07, 6.45) is -0.236. The maximum Gasteiger partial charge on any atom is 0.416 e. The second-order valence-corrected chi connectivity index (χ2v) is 7.64. The molecule has 0 unspecified atom stereocenters. The lowest BCUT2D eigenvalue weighted by Crippen LogP contribution is -2.33. The van der Waals surface area contributed by atoms with E-state index in [1.807, 2.05) is 6.92 Å². The second kappa shape index (κ2) is 8.26. The summed E-state index contributed by atoms with van der Waals surface area (Å²) in [5.41, 5.74) is -0.187. The minimum absolute atomic E-state index is 0.422. The molecule has 0 saturated carbocycles. The van der Waals surface area contributed by atoms with Crippen LogP contribution in [-0.2, 0) is 6.18 Å². The van der Waals surface area contributed by atoms with Gasteiger partial charge in [-0.3, -0.25) is 4.57 Å². The first-order chi connectivity index (χ1) is 12.8. The molecular formula is C18H21F3N4OS. The van der Waals surface area contributed by atoms with Crippen LogP contribution in [0.1, 0.15) is 23.3 Å². The molecule has 1 saturated heterocycles. The summed E-state index contributed by atoms with van der Waals surface area (Å²) >= 11 is 1.31. The molecule has 0 spiro atoms. The van der Waals surface area contributed by atoms with Crippen molar-refractivity contribution in [3.63, 3.8) is 0 Å². The van der Waals surface area contributed by atoms with Gasteiger partial charge in [-0.2, -0.15) is 18.2 Å². The van der Waals surface area contributed by atoms with Gasteiger partial charge in [0.2, 0.25) is 0 Å². The number of carbonyl (C=O) groups excluding carboxylic acids is 1. The van der Waals surface area contributed by atoms with Gasteiger partial charge in [-0.15, -0.1) is 11.3 Å². The van der Waals surface area contributed by atoms with Crippen molar-refractivity contribution < 1.29 is 18.0 Å². The van der Waals surface area contributed by atoms with E-state index < -0.39 is 17.8 Å². The molecule has 9 heteroatoms. The molecule has 2 amide bonds. The van der Waals surface area contributed by atoms with Gasteiger partial charge in [-0.1, -0.05) is 0 Å². The van der Waals surface area contributed by atoms with Crippen LogP contribution >= 0.6 is 11.3 Å². The van der Waals surface area contributed by atoms with Gasteiger partial charge in [-0.05, 0) is 57.1 Å². The number of thiazole rings is 1. The summed E-state index contributed by atoms with van der Waals surface area (Å²) in [6.45, 7) is 5.29. The minimum Gasteiger partial charge on any atom is -0.335 e. The van der Waals surface area contributed by atoms with Crippen molar-refractivity contribution in [3.8, 4) is 5.69 Å². The Morgan fingerprint density at radius 1 is 1.22 bits per heavy atom. The summed E-state index contributed by atoms with van der Waals surface area (Å²) in [6, 6.07) is 4.35. The van der Waals surface area contributed by atoms with Crippen LogP contribution in [0.3, 0.4) is 0 Å². The Morgan fingerprint density at radius 3 is 2.52 bits per heavy atom. The van der Waals surface area contributed by atoms with Gasteiger partial charge in [0.25, 0.3) is 0 Å². The number of alkyl halides is 3. The second-order valence-electron chi connectivity index (χ2n) is 6.43. The Bertz CT molecular complexity index is 849. The highest BCUT2D eigenvalue weighted by atomic mass is 32.1. The Morgan fingerprint density at radius 2 is 1.89 bits per heavy atom. The first-order valence-corrected chi connectivity index (χ1v) is 9.56. The molecule has 3 rings (SSSR count). The number of hydrogen-bond donors (Lipinski definition) is 1. The predicted molar refractivity (Wildman–Crippen MR) is 98.0 cm³/mol. The maximum absolute atomic E-state index is 12.7. The number of nitrogens with zero attached hydrogens (tertiary/aromatic N) is 3. The Balaban J connectivity index is 1.72. The molecule has 27 heavy (non-hydrogen) atoms. The number of nitrogens with one attached hydrogen (secondary N) is 1. The summed E-state index contributed by atoms with van der Waals surface area (Å²) in [5.74, 6) is 0. The molecule has 1 aromatic carbocycles. The molecule has 1 N–H and O–H groups in total. The molecule has 1 aliphatic rings. The van der Waals surface area contributed by atoms with Crippen molar-refractivity contribution in [3.05, 3.63) is 45.7 Å². The monoisotopic (exact) mass is 398 g/mol. The third-order valence-electron chi connectivity index (χ3n) is 4.34. The van der Waals surface area contributed by atoms with E-state index in [9.17, 15) is 18.0 Å². The molecular weight excluding hydrogens is 377 g/mol. The molecule has 1 aromatic heterocycles. The van der Waals surface area contributed by atoms with Gasteiger partial charge in [0.1, 0.15) is 0 Å². The standard InChI is InChI=1S/C18H21F3N4OS/c1-13-12-25(15-6-4-14(5-7-15)18(19,20)21)17(27-13)23-16(26)22-8-11-24-9-2-3-10-24/h4-7,12H,2-3,8-11H2,1H3,(H,22,26). The number of hydrogen-bond acceptors (Lipinski definition) is 3. The van der Waals surface area contributed by atoms with E-state index in [2.05, 4.69) is 15.2 Å². The number of urea groups is 1. The summed E-state index contributed by atoms with van der Waals surface area (Å²) in [5, 5.41) is 2.77. The first-order valence-electron chi connectivity index (χ1n) is 8.74. The number of benzene rings is 1. The molecule has 146 valence electrons. The summed E-state index contributed by atoms with van der Waals surface area (Å²) in [4.78, 5) is 19.8. The molecule has 0 radical (unpaired) electrons. The molecule has 1 aliphatic heterocycles. The van der Waals surface area contributed by atoms with Gasteiger partial charge in [0.05, 0.1) is 5.56 Å². The van der Waals surface area contributed by atoms with Gasteiger partial charge in [0, 0.05) is 29.9 Å². The number of aryl methyl sites for hydroxylation is 1. The summed E-state index contributed by atoms with van der Waals surface area (Å²) in [7, 11) is 0. The zero-order valence-corrected chi connectivity index (χ0v) is 15.7. The lowest BCUT2D eigenvalue weighted by molar-refractivity contribution is -0.137. The fraction of sp³-hybridized carbons (Fsp3) is 0.444. The molecule has 0 aliphatic carbocycles. The Labute approximate surface area is 159 Å². The number of carbonyl (C=O) groups is 1. The fourth-order valence-corrected chi connectivity index (χ4v) is 3.81. The Kier molecular flexibility index (Phi) is 6.01. The van der Waals surface area contributed by atoms with Crippen LogP contribution in [0.15, 0.2) is 35.5 Å². The van der Waals surface area contributed by atoms with Crippen molar-refractivity contribution in [1.82, 2.24) is 14.8 Å². The van der Waals surface area contributed by atoms with Crippen LogP contribution in [0.4, 0.5) is 18.0 Å². The van der Waals surface area contributed by atoms with Crippen LogP contribution in [-0.4, -0.2) is 41.7 Å². The third kappa shape index (κ3) is 5.20. The van der Waals surface area contributed by atoms with Crippen LogP contribution < -0.4 is 10.1 Å². The van der Waals surface area contributed by atoms with Crippen molar-refractivity contribution in [2.75, 3.05) is 26.2 Å². The maximum atomic E-state index is 12.7. The minimum atomic E-state index is -4.38. The van der Waals surface area contributed by atoms with Crippen molar-refractivity contribution in [2.24, 2.45) is 4.99 Å². The number of rotatable bonds is 4. The van der Waals surface area contributed by atoms with Gasteiger partial charge < -0.3 is 10.2 Å². The third-order valence-corrected chi connectivity index (χ3v) is 5.24. The summed E-state index contributed by atoms with van der Waals surface area (Å²) < 4.78 is 39.8. The average molecular weight is 398 g/mol. The fourth-order valence-electron chi connectivity index (χ4n) is 2.98. The van der Waals surface area contributed by atoms with Gasteiger partial charge in [0.15, 0.2) is 4.80 Å². The lowest BCUT2D eigenvalue weighted by atomic mass is 10.2. The lowest BCUT2D eigenvalue weighted by Gasteiger charge is -2.13. The molecule has 0 atom stereocenters. The largest absolute Gasteiger partial charge is 0.416 e. The van der Waals surface area contributed by atoms with E-state index in [4.69, 9.17) is 0 Å². The normalized spacial score (nSPS) is 16.1. The number of likely N-dealkylation sites (tertiary alicyclic amines) is 1. The number of aromatic nitrogens is 1. The van der Waals surface area contributed by atoms with Crippen LogP contribution in [0, 0.1) is 6.92 Å². The topological polar surface area (TPSA) is 49.6 Å². The van der Waals surface area contributed by atoms with Crippen molar-refractivity contribution in [1.29, 1.82) is 0 Å². The smallest absolute Gasteiger partial charge is 0.335 e. The van der Waals surface area contributed by atoms with Crippen LogP contribution in [0.25, 0.3) is 5.69 Å². The zero-order chi connectivity index (χ0) is 19.4. The predicted octanol–water partition coefficient (Wildman–Crippen LogP) is 3.57. The quantitative estimate of drug-likeness (QED) is 0.856. The highest BCUT2D eigenvalue weighted by Gasteiger charge is 2.30. The van der Waals surface area contributed by atoms with E-state index in [1.165, 1.54) is 36.3 Å². The van der Waals surface area contributed by atoms with E-state index in [1.54, 1.807) is 10.8 Å². The van der Waals surface area contributed by atoms with E-state index in [0.29, 0.717) is 17.0 Å². The van der Waals surface area contributed by atoms with Gasteiger partial charge >= 0.3 is 12.2 Å². The zero-order valence-electron chi connectivity index (χ0n) is 14.9. The van der Waals surface area contributed by atoms with Crippen molar-refractivity contribution in [2.45, 2.75) is 25.9 Å². The highest BCUT2D eigenvalue weighted by Crippen LogP contribution is 2.29. The molecule has 0 bridgehead atoms. The number of amides is 2. The molecule has 5 nitrogen and oxygen atoms in total. The number of halogens is 3. The molecule has 2 heterocycles. The Hall–Kier alpha value is -2.13. The molecule has 1 fully saturated rings. The molecule has 2 aromatic rings. The SMILES string of the molecule is Cc1cn(-c2ccc(C(F)(F)F)cc2)c(=NC(=O)NCCN2CCCC2)s1. The average Bonchev–Trinajstić information content (AvgIpc) is 3.24. The van der Waals surface area contributed by atoms with Gasteiger partial charge in [-0.25, -0.2) is 4.79 Å². The highest BCUT2D eigenvalue weighted by molar-refractivity contribution is 7.09. The van der Waals surface area contributed by atoms with Crippen LogP contribution in [0.5, 0.6) is 0 Å².